The number of thiazole rings is 1. The predicted molar refractivity (Wildman–Crippen MR) is 138 cm³/mol. The lowest BCUT2D eigenvalue weighted by Gasteiger charge is -2.31. The van der Waals surface area contributed by atoms with Gasteiger partial charge in [-0.3, -0.25) is 9.59 Å². The van der Waals surface area contributed by atoms with E-state index in [9.17, 15) is 14.0 Å². The minimum Gasteiger partial charge on any atom is -0.343 e. The Hall–Kier alpha value is -3.06. The van der Waals surface area contributed by atoms with Crippen molar-refractivity contribution in [1.82, 2.24) is 9.88 Å². The number of nitrogens with one attached hydrogen (secondary N) is 1. The zero-order valence-corrected chi connectivity index (χ0v) is 21.3. The molecule has 35 heavy (non-hydrogen) atoms. The van der Waals surface area contributed by atoms with Crippen molar-refractivity contribution in [2.45, 2.75) is 57.8 Å². The van der Waals surface area contributed by atoms with Crippen LogP contribution in [-0.2, 0) is 16.6 Å². The molecule has 0 aliphatic carbocycles. The molecule has 0 atom stereocenters. The van der Waals surface area contributed by atoms with Gasteiger partial charge in [-0.25, -0.2) is 9.37 Å². The molecule has 3 aromatic rings. The molecule has 5 nitrogen and oxygen atoms in total. The van der Waals surface area contributed by atoms with Gasteiger partial charge in [0.25, 0.3) is 5.91 Å². The normalized spacial score (nSPS) is 14.7. The van der Waals surface area contributed by atoms with Gasteiger partial charge in [0.15, 0.2) is 0 Å². The monoisotopic (exact) mass is 493 g/mol. The maximum absolute atomic E-state index is 13.4. The number of benzene rings is 2. The number of anilines is 1. The minimum absolute atomic E-state index is 0.0835. The lowest BCUT2D eigenvalue weighted by atomic mass is 9.86. The number of hydrogen-bond acceptors (Lipinski definition) is 4. The quantitative estimate of drug-likeness (QED) is 0.447. The molecule has 1 aliphatic rings. The van der Waals surface area contributed by atoms with Gasteiger partial charge in [0.05, 0.1) is 5.01 Å². The number of piperidine rings is 1. The Labute approximate surface area is 210 Å². The van der Waals surface area contributed by atoms with E-state index < -0.39 is 0 Å². The third kappa shape index (κ3) is 6.34. The van der Waals surface area contributed by atoms with E-state index in [0.29, 0.717) is 31.6 Å². The predicted octanol–water partition coefficient (Wildman–Crippen LogP) is 6.17. The number of hydrogen-bond donors (Lipinski definition) is 1. The molecular formula is C28H32FN3O2S. The molecule has 1 N–H and O–H groups in total. The van der Waals surface area contributed by atoms with Crippen LogP contribution in [0.15, 0.2) is 53.9 Å². The third-order valence-corrected chi connectivity index (χ3v) is 7.46. The maximum Gasteiger partial charge on any atom is 0.275 e. The summed E-state index contributed by atoms with van der Waals surface area (Å²) in [5.41, 5.74) is 3.08. The highest BCUT2D eigenvalue weighted by atomic mass is 32.1. The van der Waals surface area contributed by atoms with Gasteiger partial charge in [-0.05, 0) is 54.0 Å². The van der Waals surface area contributed by atoms with Crippen LogP contribution < -0.4 is 5.32 Å². The molecule has 0 saturated carbocycles. The molecule has 1 fully saturated rings. The molecule has 2 heterocycles. The second-order valence-corrected chi connectivity index (χ2v) is 11.0. The summed E-state index contributed by atoms with van der Waals surface area (Å²) in [6, 6.07) is 14.3. The lowest BCUT2D eigenvalue weighted by Crippen LogP contribution is -2.38. The number of nitrogens with zero attached hydrogens (tertiary/aromatic N) is 2. The van der Waals surface area contributed by atoms with Crippen molar-refractivity contribution in [3.8, 4) is 0 Å². The van der Waals surface area contributed by atoms with E-state index in [-0.39, 0.29) is 29.0 Å². The maximum atomic E-state index is 13.4. The summed E-state index contributed by atoms with van der Waals surface area (Å²) in [5.74, 6) is -0.125. The van der Waals surface area contributed by atoms with Crippen LogP contribution in [0.1, 0.15) is 72.6 Å². The number of rotatable bonds is 6. The van der Waals surface area contributed by atoms with Crippen molar-refractivity contribution in [1.29, 1.82) is 0 Å². The first kappa shape index (κ1) is 25.0. The van der Waals surface area contributed by atoms with Crippen molar-refractivity contribution in [3.63, 3.8) is 0 Å². The number of para-hydroxylation sites is 1. The zero-order chi connectivity index (χ0) is 25.0. The van der Waals surface area contributed by atoms with Crippen LogP contribution in [0.3, 0.4) is 0 Å². The smallest absolute Gasteiger partial charge is 0.275 e. The highest BCUT2D eigenvalue weighted by Gasteiger charge is 2.26. The Morgan fingerprint density at radius 3 is 2.57 bits per heavy atom. The number of aryl methyl sites for hydroxylation is 1. The Balaban J connectivity index is 1.31. The summed E-state index contributed by atoms with van der Waals surface area (Å²) in [6.45, 7) is 7.71. The number of carbonyl (C=O) groups is 2. The molecule has 184 valence electrons. The summed E-state index contributed by atoms with van der Waals surface area (Å²) in [5, 5.41) is 5.80. The summed E-state index contributed by atoms with van der Waals surface area (Å²) < 4.78 is 13.4. The van der Waals surface area contributed by atoms with E-state index in [1.54, 1.807) is 6.07 Å². The van der Waals surface area contributed by atoms with Crippen LogP contribution >= 0.6 is 11.3 Å². The van der Waals surface area contributed by atoms with Gasteiger partial charge in [-0.2, -0.15) is 0 Å². The molecule has 1 aliphatic heterocycles. The largest absolute Gasteiger partial charge is 0.343 e. The fraction of sp³-hybridized carbons (Fsp3) is 0.393. The average molecular weight is 494 g/mol. The first-order valence-corrected chi connectivity index (χ1v) is 13.0. The van der Waals surface area contributed by atoms with E-state index in [1.807, 2.05) is 40.6 Å². The Morgan fingerprint density at radius 2 is 1.86 bits per heavy atom. The Morgan fingerprint density at radius 1 is 1.11 bits per heavy atom. The number of halogens is 1. The molecule has 0 spiro atoms. The van der Waals surface area contributed by atoms with Gasteiger partial charge < -0.3 is 10.2 Å². The highest BCUT2D eigenvalue weighted by Crippen LogP contribution is 2.32. The van der Waals surface area contributed by atoms with E-state index in [4.69, 9.17) is 0 Å². The van der Waals surface area contributed by atoms with E-state index >= 15 is 0 Å². The van der Waals surface area contributed by atoms with Crippen molar-refractivity contribution in [2.24, 2.45) is 0 Å². The second kappa shape index (κ2) is 10.7. The Kier molecular flexibility index (Phi) is 7.65. The molecule has 1 saturated heterocycles. The number of likely N-dealkylation sites (tertiary alicyclic amines) is 1. The average Bonchev–Trinajstić information content (AvgIpc) is 3.33. The number of carbonyl (C=O) groups excluding carboxylic acids is 2. The van der Waals surface area contributed by atoms with Crippen LogP contribution in [-0.4, -0.2) is 34.8 Å². The number of aromatic nitrogens is 1. The molecule has 1 aromatic heterocycles. The molecule has 0 radical (unpaired) electrons. The van der Waals surface area contributed by atoms with E-state index in [2.05, 4.69) is 31.1 Å². The first-order valence-electron chi connectivity index (χ1n) is 12.1. The van der Waals surface area contributed by atoms with Gasteiger partial charge in [0, 0.05) is 36.5 Å². The second-order valence-electron chi connectivity index (χ2n) is 10.1. The fourth-order valence-corrected chi connectivity index (χ4v) is 5.46. The number of amides is 2. The van der Waals surface area contributed by atoms with E-state index in [0.717, 1.165) is 34.7 Å². The zero-order valence-electron chi connectivity index (χ0n) is 20.5. The molecular weight excluding hydrogens is 461 g/mol. The van der Waals surface area contributed by atoms with Crippen LogP contribution in [0.2, 0.25) is 0 Å². The van der Waals surface area contributed by atoms with Gasteiger partial charge >= 0.3 is 0 Å². The summed E-state index contributed by atoms with van der Waals surface area (Å²) in [7, 11) is 0. The molecule has 0 bridgehead atoms. The molecule has 2 aromatic carbocycles. The summed E-state index contributed by atoms with van der Waals surface area (Å²) >= 11 is 1.51. The van der Waals surface area contributed by atoms with Crippen LogP contribution in [0.25, 0.3) is 0 Å². The van der Waals surface area contributed by atoms with Crippen molar-refractivity contribution >= 4 is 28.8 Å². The molecule has 4 rings (SSSR count). The van der Waals surface area contributed by atoms with Crippen molar-refractivity contribution < 1.29 is 14.0 Å². The fourth-order valence-electron chi connectivity index (χ4n) is 4.49. The van der Waals surface area contributed by atoms with Crippen LogP contribution in [0, 0.1) is 5.82 Å². The molecule has 2 amide bonds. The standard InChI is InChI=1S/C28H32FN3O2S/c1-28(2,3)22-9-4-5-10-23(22)30-26(34)24-18-35-27(31-24)20-13-15-32(16-14-20)25(33)12-11-19-7-6-8-21(29)17-19/h4-10,17-18,20H,11-16H2,1-3H3,(H,30,34). The molecule has 7 heteroatoms. The SMILES string of the molecule is CC(C)(C)c1ccccc1NC(=O)c1csc(C2CCN(C(=O)CCc3cccc(F)c3)CC2)n1. The van der Waals surface area contributed by atoms with Gasteiger partial charge in [0.2, 0.25) is 5.91 Å². The Bertz CT molecular complexity index is 1190. The van der Waals surface area contributed by atoms with Crippen LogP contribution in [0.5, 0.6) is 0 Å². The topological polar surface area (TPSA) is 62.3 Å². The van der Waals surface area contributed by atoms with Gasteiger partial charge in [0.1, 0.15) is 11.5 Å². The first-order chi connectivity index (χ1) is 16.7. The summed E-state index contributed by atoms with van der Waals surface area (Å²) in [4.78, 5) is 32.1. The third-order valence-electron chi connectivity index (χ3n) is 6.45. The highest BCUT2D eigenvalue weighted by molar-refractivity contribution is 7.10. The molecule has 0 unspecified atom stereocenters. The van der Waals surface area contributed by atoms with Gasteiger partial charge in [-0.15, -0.1) is 11.3 Å². The summed E-state index contributed by atoms with van der Waals surface area (Å²) in [6.07, 6.45) is 2.58. The lowest BCUT2D eigenvalue weighted by molar-refractivity contribution is -0.132. The van der Waals surface area contributed by atoms with E-state index in [1.165, 1.54) is 23.5 Å². The minimum atomic E-state index is -0.273. The van der Waals surface area contributed by atoms with Crippen molar-refractivity contribution in [2.75, 3.05) is 18.4 Å². The van der Waals surface area contributed by atoms with Gasteiger partial charge in [-0.1, -0.05) is 51.1 Å². The van der Waals surface area contributed by atoms with Crippen LogP contribution in [0.4, 0.5) is 10.1 Å². The van der Waals surface area contributed by atoms with Crippen molar-refractivity contribution in [3.05, 3.63) is 81.6 Å².